The minimum Gasteiger partial charge on any atom is -0.329 e. The van der Waals surface area contributed by atoms with Crippen LogP contribution in [0.5, 0.6) is 0 Å². The fourth-order valence-electron chi connectivity index (χ4n) is 2.74. The van der Waals surface area contributed by atoms with E-state index in [9.17, 15) is 14.4 Å². The van der Waals surface area contributed by atoms with E-state index in [1.54, 1.807) is 11.0 Å². The lowest BCUT2D eigenvalue weighted by atomic mass is 10.1. The van der Waals surface area contributed by atoms with Gasteiger partial charge in [-0.25, -0.2) is 0 Å². The van der Waals surface area contributed by atoms with Gasteiger partial charge in [-0.3, -0.25) is 14.4 Å². The van der Waals surface area contributed by atoms with Crippen molar-refractivity contribution in [3.8, 4) is 0 Å². The zero-order valence-electron chi connectivity index (χ0n) is 10.7. The number of amides is 2. The Morgan fingerprint density at radius 3 is 2.95 bits per heavy atom. The molecule has 3 rings (SSSR count). The molecule has 106 valence electrons. The van der Waals surface area contributed by atoms with Crippen LogP contribution in [-0.4, -0.2) is 53.1 Å². The number of fused-ring (bicyclic) bond motifs is 1. The van der Waals surface area contributed by atoms with E-state index in [0.29, 0.717) is 17.8 Å². The average molecular weight is 357 g/mol. The van der Waals surface area contributed by atoms with Crippen molar-refractivity contribution in [2.45, 2.75) is 18.9 Å². The molecule has 0 spiro atoms. The third-order valence-corrected chi connectivity index (χ3v) is 5.58. The summed E-state index contributed by atoms with van der Waals surface area (Å²) in [6.45, 7) is 0.658. The van der Waals surface area contributed by atoms with Gasteiger partial charge in [-0.15, -0.1) is 11.3 Å². The van der Waals surface area contributed by atoms with Gasteiger partial charge in [0.05, 0.1) is 11.4 Å². The summed E-state index contributed by atoms with van der Waals surface area (Å²) >= 11 is 4.65. The van der Waals surface area contributed by atoms with Crippen LogP contribution in [0.4, 0.5) is 0 Å². The minimum absolute atomic E-state index is 0.0179. The highest BCUT2D eigenvalue weighted by atomic mass is 79.9. The van der Waals surface area contributed by atoms with E-state index in [-0.39, 0.29) is 36.7 Å². The third kappa shape index (κ3) is 2.29. The zero-order chi connectivity index (χ0) is 14.3. The number of carbonyl (C=O) groups excluding carboxylic acids is 3. The molecule has 2 aliphatic heterocycles. The van der Waals surface area contributed by atoms with Crippen LogP contribution in [0, 0.1) is 0 Å². The number of thiophene rings is 1. The van der Waals surface area contributed by atoms with Crippen molar-refractivity contribution >= 4 is 44.9 Å². The summed E-state index contributed by atoms with van der Waals surface area (Å²) in [4.78, 5) is 40.1. The molecular weight excluding hydrogens is 344 g/mol. The maximum Gasteiger partial charge on any atom is 0.246 e. The first-order chi connectivity index (χ1) is 9.58. The van der Waals surface area contributed by atoms with Gasteiger partial charge in [-0.2, -0.15) is 0 Å². The lowest BCUT2D eigenvalue weighted by Crippen LogP contribution is -2.58. The molecule has 3 heterocycles. The van der Waals surface area contributed by atoms with Crippen LogP contribution in [0.2, 0.25) is 0 Å². The fraction of sp³-hybridized carbons (Fsp3) is 0.462. The SMILES string of the molecule is O=C(CN1CC(=O)N2CCCC2C1=O)c1sccc1Br. The number of piperazine rings is 1. The van der Waals surface area contributed by atoms with Crippen LogP contribution in [0.15, 0.2) is 15.9 Å². The summed E-state index contributed by atoms with van der Waals surface area (Å²) in [7, 11) is 0. The average Bonchev–Trinajstić information content (AvgIpc) is 3.04. The van der Waals surface area contributed by atoms with Crippen LogP contribution in [-0.2, 0) is 9.59 Å². The van der Waals surface area contributed by atoms with Gasteiger partial charge in [-0.05, 0) is 40.2 Å². The number of ketones is 1. The highest BCUT2D eigenvalue weighted by molar-refractivity contribution is 9.10. The summed E-state index contributed by atoms with van der Waals surface area (Å²) in [5.41, 5.74) is 0. The smallest absolute Gasteiger partial charge is 0.246 e. The molecule has 20 heavy (non-hydrogen) atoms. The predicted molar refractivity (Wildman–Crippen MR) is 77.7 cm³/mol. The van der Waals surface area contributed by atoms with Crippen LogP contribution in [0.25, 0.3) is 0 Å². The van der Waals surface area contributed by atoms with Gasteiger partial charge >= 0.3 is 0 Å². The van der Waals surface area contributed by atoms with Crippen molar-refractivity contribution in [3.63, 3.8) is 0 Å². The van der Waals surface area contributed by atoms with E-state index >= 15 is 0 Å². The van der Waals surface area contributed by atoms with Gasteiger partial charge in [0, 0.05) is 11.0 Å². The van der Waals surface area contributed by atoms with Crippen molar-refractivity contribution in [2.24, 2.45) is 0 Å². The maximum absolute atomic E-state index is 12.3. The van der Waals surface area contributed by atoms with Crippen LogP contribution >= 0.6 is 27.3 Å². The molecule has 5 nitrogen and oxygen atoms in total. The van der Waals surface area contributed by atoms with Gasteiger partial charge < -0.3 is 9.80 Å². The van der Waals surface area contributed by atoms with Gasteiger partial charge in [0.15, 0.2) is 5.78 Å². The number of halogens is 1. The Balaban J connectivity index is 1.74. The summed E-state index contributed by atoms with van der Waals surface area (Å²) in [5.74, 6) is -0.271. The molecule has 1 unspecified atom stereocenters. The summed E-state index contributed by atoms with van der Waals surface area (Å²) in [6, 6.07) is 1.45. The third-order valence-electron chi connectivity index (χ3n) is 3.70. The quantitative estimate of drug-likeness (QED) is 0.771. The van der Waals surface area contributed by atoms with Crippen molar-refractivity contribution in [3.05, 3.63) is 20.8 Å². The van der Waals surface area contributed by atoms with E-state index in [2.05, 4.69) is 15.9 Å². The van der Waals surface area contributed by atoms with Gasteiger partial charge in [0.1, 0.15) is 12.6 Å². The number of Topliss-reactive ketones (excluding diaryl/α,β-unsaturated/α-hetero) is 1. The molecule has 0 N–H and O–H groups in total. The lowest BCUT2D eigenvalue weighted by molar-refractivity contribution is -0.152. The molecule has 1 atom stereocenters. The second kappa shape index (κ2) is 5.29. The molecule has 0 aromatic carbocycles. The molecule has 0 bridgehead atoms. The number of hydrogen-bond donors (Lipinski definition) is 0. The molecule has 1 aromatic rings. The van der Waals surface area contributed by atoms with Gasteiger partial charge in [0.25, 0.3) is 0 Å². The summed E-state index contributed by atoms with van der Waals surface area (Å²) in [6.07, 6.45) is 1.57. The largest absolute Gasteiger partial charge is 0.329 e. The zero-order valence-corrected chi connectivity index (χ0v) is 13.1. The predicted octanol–water partition coefficient (Wildman–Crippen LogP) is 1.53. The molecule has 1 aromatic heterocycles. The lowest BCUT2D eigenvalue weighted by Gasteiger charge is -2.35. The highest BCUT2D eigenvalue weighted by Crippen LogP contribution is 2.26. The van der Waals surface area contributed by atoms with Gasteiger partial charge in [-0.1, -0.05) is 0 Å². The number of nitrogens with zero attached hydrogens (tertiary/aromatic N) is 2. The second-order valence-corrected chi connectivity index (χ2v) is 6.73. The van der Waals surface area contributed by atoms with E-state index in [4.69, 9.17) is 0 Å². The Morgan fingerprint density at radius 2 is 2.25 bits per heavy atom. The molecule has 0 saturated carbocycles. The summed E-state index contributed by atoms with van der Waals surface area (Å²) in [5, 5.41) is 1.82. The first-order valence-electron chi connectivity index (χ1n) is 6.42. The van der Waals surface area contributed by atoms with Crippen LogP contribution in [0.3, 0.4) is 0 Å². The van der Waals surface area contributed by atoms with E-state index in [0.717, 1.165) is 10.9 Å². The van der Waals surface area contributed by atoms with Gasteiger partial charge in [0.2, 0.25) is 11.8 Å². The second-order valence-electron chi connectivity index (χ2n) is 4.96. The van der Waals surface area contributed by atoms with Crippen LogP contribution in [0.1, 0.15) is 22.5 Å². The molecule has 2 fully saturated rings. The highest BCUT2D eigenvalue weighted by Gasteiger charge is 2.42. The Kier molecular flexibility index (Phi) is 3.64. The molecule has 2 saturated heterocycles. The Labute approximate surface area is 128 Å². The Bertz CT molecular complexity index is 586. The van der Waals surface area contributed by atoms with E-state index in [1.165, 1.54) is 16.2 Å². The minimum atomic E-state index is -0.351. The van der Waals surface area contributed by atoms with Crippen molar-refractivity contribution < 1.29 is 14.4 Å². The normalized spacial score (nSPS) is 22.4. The van der Waals surface area contributed by atoms with Crippen molar-refractivity contribution in [2.75, 3.05) is 19.6 Å². The van der Waals surface area contributed by atoms with E-state index in [1.807, 2.05) is 5.38 Å². The number of carbonyl (C=O) groups is 3. The molecule has 0 radical (unpaired) electrons. The van der Waals surface area contributed by atoms with Crippen molar-refractivity contribution in [1.82, 2.24) is 9.80 Å². The monoisotopic (exact) mass is 356 g/mol. The topological polar surface area (TPSA) is 57.7 Å². The molecule has 7 heteroatoms. The number of hydrogen-bond acceptors (Lipinski definition) is 4. The molecule has 2 aliphatic rings. The fourth-order valence-corrected chi connectivity index (χ4v) is 4.26. The van der Waals surface area contributed by atoms with Crippen LogP contribution < -0.4 is 0 Å². The Morgan fingerprint density at radius 1 is 1.45 bits per heavy atom. The number of rotatable bonds is 3. The molecule has 0 aliphatic carbocycles. The van der Waals surface area contributed by atoms with Crippen molar-refractivity contribution in [1.29, 1.82) is 0 Å². The standard InChI is InChI=1S/C13H13BrN2O3S/c14-8-3-5-20-12(8)10(17)6-15-7-11(18)16-4-1-2-9(16)13(15)19/h3,5,9H,1-2,4,6-7H2. The molecule has 2 amide bonds. The summed E-state index contributed by atoms with van der Waals surface area (Å²) < 4.78 is 0.741. The first kappa shape index (κ1) is 13.8. The Hall–Kier alpha value is -1.21. The molecular formula is C13H13BrN2O3S. The maximum atomic E-state index is 12.3. The van der Waals surface area contributed by atoms with E-state index < -0.39 is 0 Å². The first-order valence-corrected chi connectivity index (χ1v) is 8.09.